The van der Waals surface area contributed by atoms with E-state index in [1.807, 2.05) is 0 Å². The first-order valence-electron chi connectivity index (χ1n) is 6.33. The Hall–Kier alpha value is -0.930. The quantitative estimate of drug-likeness (QED) is 0.304. The van der Waals surface area contributed by atoms with Gasteiger partial charge in [-0.2, -0.15) is 0 Å². The molecule has 4 nitrogen and oxygen atoms in total. The number of unbranched alkanes of at least 4 members (excludes halogenated alkanes) is 8. The Kier molecular flexibility index (Phi) is 11.4. The number of nitrogens with zero attached hydrogens (tertiary/aromatic N) is 1. The molecule has 0 atom stereocenters. The Morgan fingerprint density at radius 3 is 1.94 bits per heavy atom. The highest BCUT2D eigenvalue weighted by Crippen LogP contribution is 2.10. The summed E-state index contributed by atoms with van der Waals surface area (Å²) in [6, 6.07) is 0. The zero-order valence-corrected chi connectivity index (χ0v) is 10.2. The molecule has 16 heavy (non-hydrogen) atoms. The average molecular weight is 229 g/mol. The molecule has 0 unspecified atom stereocenters. The van der Waals surface area contributed by atoms with Crippen molar-refractivity contribution < 1.29 is 9.63 Å². The first kappa shape index (κ1) is 15.1. The van der Waals surface area contributed by atoms with E-state index in [-0.39, 0.29) is 0 Å². The molecule has 0 aliphatic rings. The molecule has 0 aliphatic carbocycles. The standard InChI is InChI=1S/C12H23NO3/c1-2-3-4-5-6-7-8-9-10-11-12(14)16-13-15/h2-11H2,1H3. The van der Waals surface area contributed by atoms with Crippen molar-refractivity contribution in [3.63, 3.8) is 0 Å². The Labute approximate surface area is 97.7 Å². The summed E-state index contributed by atoms with van der Waals surface area (Å²) < 4.78 is 0. The van der Waals surface area contributed by atoms with Crippen LogP contribution in [0.4, 0.5) is 0 Å². The number of hydrogen-bond acceptors (Lipinski definition) is 4. The first-order chi connectivity index (χ1) is 7.81. The van der Waals surface area contributed by atoms with E-state index >= 15 is 0 Å². The number of carbonyl (C=O) groups excluding carboxylic acids is 1. The fraction of sp³-hybridized carbons (Fsp3) is 0.917. The summed E-state index contributed by atoms with van der Waals surface area (Å²) in [6.45, 7) is 2.22. The number of hydrogen-bond donors (Lipinski definition) is 0. The molecule has 0 aromatic heterocycles. The molecule has 0 N–H and O–H groups in total. The zero-order chi connectivity index (χ0) is 12.1. The van der Waals surface area contributed by atoms with Gasteiger partial charge in [-0.1, -0.05) is 58.3 Å². The topological polar surface area (TPSA) is 55.7 Å². The van der Waals surface area contributed by atoms with Crippen LogP contribution in [0.25, 0.3) is 0 Å². The van der Waals surface area contributed by atoms with Gasteiger partial charge in [0.05, 0.1) is 0 Å². The molecule has 0 radical (unpaired) electrons. The van der Waals surface area contributed by atoms with Crippen LogP contribution in [0.2, 0.25) is 0 Å². The van der Waals surface area contributed by atoms with E-state index in [9.17, 15) is 9.70 Å². The van der Waals surface area contributed by atoms with E-state index in [1.165, 1.54) is 38.5 Å². The number of rotatable bonds is 11. The van der Waals surface area contributed by atoms with Gasteiger partial charge in [-0.3, -0.25) is 4.84 Å². The van der Waals surface area contributed by atoms with Crippen LogP contribution in [0.15, 0.2) is 5.34 Å². The van der Waals surface area contributed by atoms with Crippen LogP contribution in [-0.2, 0) is 9.63 Å². The van der Waals surface area contributed by atoms with E-state index in [0.29, 0.717) is 6.42 Å². The SMILES string of the molecule is CCCCCCCCCCCC(=O)ON=O. The molecule has 0 heterocycles. The predicted molar refractivity (Wildman–Crippen MR) is 63.7 cm³/mol. The lowest BCUT2D eigenvalue weighted by Gasteiger charge is -2.00. The van der Waals surface area contributed by atoms with Crippen LogP contribution in [0.5, 0.6) is 0 Å². The van der Waals surface area contributed by atoms with Crippen LogP contribution in [-0.4, -0.2) is 5.97 Å². The fourth-order valence-electron chi connectivity index (χ4n) is 1.67. The third kappa shape index (κ3) is 11.1. The van der Waals surface area contributed by atoms with Crippen molar-refractivity contribution in [2.45, 2.75) is 71.1 Å². The highest BCUT2D eigenvalue weighted by atomic mass is 16.7. The molecule has 0 aliphatic heterocycles. The molecule has 0 aromatic carbocycles. The Balaban J connectivity index is 3.03. The monoisotopic (exact) mass is 229 g/mol. The van der Waals surface area contributed by atoms with Crippen LogP contribution in [0.3, 0.4) is 0 Å². The highest BCUT2D eigenvalue weighted by Gasteiger charge is 2.02. The maximum Gasteiger partial charge on any atom is 0.338 e. The predicted octanol–water partition coefficient (Wildman–Crippen LogP) is 4.13. The lowest BCUT2D eigenvalue weighted by atomic mass is 10.1. The van der Waals surface area contributed by atoms with Crippen molar-refractivity contribution >= 4 is 5.97 Å². The van der Waals surface area contributed by atoms with Crippen LogP contribution in [0.1, 0.15) is 71.1 Å². The fourth-order valence-corrected chi connectivity index (χ4v) is 1.67. The Morgan fingerprint density at radius 1 is 0.938 bits per heavy atom. The van der Waals surface area contributed by atoms with Crippen molar-refractivity contribution in [2.75, 3.05) is 0 Å². The molecule has 4 heteroatoms. The second kappa shape index (κ2) is 12.1. The lowest BCUT2D eigenvalue weighted by molar-refractivity contribution is -0.144. The van der Waals surface area contributed by atoms with Gasteiger partial charge in [-0.05, 0) is 6.42 Å². The van der Waals surface area contributed by atoms with E-state index in [0.717, 1.165) is 19.3 Å². The minimum Gasteiger partial charge on any atom is -0.285 e. The third-order valence-corrected chi connectivity index (χ3v) is 2.62. The first-order valence-corrected chi connectivity index (χ1v) is 6.33. The largest absolute Gasteiger partial charge is 0.338 e. The molecular formula is C12H23NO3. The summed E-state index contributed by atoms with van der Waals surface area (Å²) in [5.41, 5.74) is 0. The van der Waals surface area contributed by atoms with Gasteiger partial charge in [0.2, 0.25) is 0 Å². The minimum absolute atomic E-state index is 0.307. The maximum absolute atomic E-state index is 10.7. The van der Waals surface area contributed by atoms with E-state index in [1.54, 1.807) is 0 Å². The van der Waals surface area contributed by atoms with Crippen molar-refractivity contribution in [1.82, 2.24) is 0 Å². The van der Waals surface area contributed by atoms with Gasteiger partial charge in [0, 0.05) is 6.42 Å². The summed E-state index contributed by atoms with van der Waals surface area (Å²) in [5.74, 6) is -0.516. The smallest absolute Gasteiger partial charge is 0.285 e. The van der Waals surface area contributed by atoms with Gasteiger partial charge in [0.25, 0.3) is 0 Å². The van der Waals surface area contributed by atoms with Crippen LogP contribution < -0.4 is 0 Å². The van der Waals surface area contributed by atoms with Crippen molar-refractivity contribution in [2.24, 2.45) is 5.34 Å². The van der Waals surface area contributed by atoms with Gasteiger partial charge in [-0.25, -0.2) is 4.79 Å². The van der Waals surface area contributed by atoms with E-state index in [2.05, 4.69) is 17.1 Å². The third-order valence-electron chi connectivity index (χ3n) is 2.62. The number of carbonyl (C=O) groups is 1. The minimum atomic E-state index is -0.516. The van der Waals surface area contributed by atoms with Crippen molar-refractivity contribution in [1.29, 1.82) is 0 Å². The normalized spacial score (nSPS) is 10.1. The second-order valence-electron chi connectivity index (χ2n) is 4.12. The summed E-state index contributed by atoms with van der Waals surface area (Å²) in [7, 11) is 0. The summed E-state index contributed by atoms with van der Waals surface area (Å²) in [4.78, 5) is 24.3. The highest BCUT2D eigenvalue weighted by molar-refractivity contribution is 5.68. The van der Waals surface area contributed by atoms with Gasteiger partial charge in [0.1, 0.15) is 0 Å². The molecule has 0 spiro atoms. The molecule has 0 saturated carbocycles. The Bertz CT molecular complexity index is 183. The molecule has 0 fully saturated rings. The van der Waals surface area contributed by atoms with Crippen LogP contribution >= 0.6 is 0 Å². The van der Waals surface area contributed by atoms with Gasteiger partial charge in [-0.15, -0.1) is 4.91 Å². The molecule has 0 bridgehead atoms. The zero-order valence-electron chi connectivity index (χ0n) is 10.2. The molecule has 94 valence electrons. The summed E-state index contributed by atoms with van der Waals surface area (Å²) in [6.07, 6.45) is 11.1. The summed E-state index contributed by atoms with van der Waals surface area (Å²) >= 11 is 0. The second-order valence-corrected chi connectivity index (χ2v) is 4.12. The van der Waals surface area contributed by atoms with E-state index < -0.39 is 5.97 Å². The van der Waals surface area contributed by atoms with Gasteiger partial charge < -0.3 is 0 Å². The molecule has 0 amide bonds. The molecule has 0 rings (SSSR count). The Morgan fingerprint density at radius 2 is 1.44 bits per heavy atom. The average Bonchev–Trinajstić information content (AvgIpc) is 2.27. The lowest BCUT2D eigenvalue weighted by Crippen LogP contribution is -1.98. The van der Waals surface area contributed by atoms with Gasteiger partial charge in [0.15, 0.2) is 5.34 Å². The van der Waals surface area contributed by atoms with E-state index in [4.69, 9.17) is 0 Å². The van der Waals surface area contributed by atoms with Crippen LogP contribution in [0, 0.1) is 4.91 Å². The molecule has 0 saturated heterocycles. The molecule has 0 aromatic rings. The van der Waals surface area contributed by atoms with Crippen molar-refractivity contribution in [3.8, 4) is 0 Å². The molecular weight excluding hydrogens is 206 g/mol. The van der Waals surface area contributed by atoms with Crippen molar-refractivity contribution in [3.05, 3.63) is 4.91 Å². The maximum atomic E-state index is 10.7. The summed E-state index contributed by atoms with van der Waals surface area (Å²) in [5, 5.41) is 2.09. The van der Waals surface area contributed by atoms with Gasteiger partial charge >= 0.3 is 5.97 Å².